The molecule has 0 aromatic heterocycles. The summed E-state index contributed by atoms with van der Waals surface area (Å²) in [6.45, 7) is 9.55. The van der Waals surface area contributed by atoms with E-state index in [-0.39, 0.29) is 25.7 Å². The Balaban J connectivity index is 5.20. The number of phosphoric acid groups is 2. The lowest BCUT2D eigenvalue weighted by Gasteiger charge is -2.21. The minimum absolute atomic E-state index is 0.104. The third kappa shape index (κ3) is 74.9. The summed E-state index contributed by atoms with van der Waals surface area (Å²) in [7, 11) is -9.92. The Morgan fingerprint density at radius 3 is 0.745 bits per heavy atom. The van der Waals surface area contributed by atoms with Crippen LogP contribution in [0.15, 0.2) is 0 Å². The van der Waals surface area contributed by atoms with Crippen molar-refractivity contribution in [2.75, 3.05) is 39.6 Å². The first-order chi connectivity index (χ1) is 49.4. The molecule has 0 radical (unpaired) electrons. The minimum Gasteiger partial charge on any atom is -0.462 e. The summed E-state index contributed by atoms with van der Waals surface area (Å²) in [5.41, 5.74) is 0. The third-order valence-corrected chi connectivity index (χ3v) is 21.7. The molecule has 606 valence electrons. The van der Waals surface area contributed by atoms with E-state index in [1.165, 1.54) is 250 Å². The number of carbonyl (C=O) groups excluding carboxylic acids is 4. The zero-order valence-electron chi connectivity index (χ0n) is 66.9. The summed E-state index contributed by atoms with van der Waals surface area (Å²) in [5, 5.41) is 10.6. The Hall–Kier alpha value is -1.94. The van der Waals surface area contributed by atoms with Gasteiger partial charge in [-0.25, -0.2) is 9.13 Å². The highest BCUT2D eigenvalue weighted by Gasteiger charge is 2.30. The van der Waals surface area contributed by atoms with E-state index in [0.717, 1.165) is 108 Å². The Morgan fingerprint density at radius 2 is 0.500 bits per heavy atom. The summed E-state index contributed by atoms with van der Waals surface area (Å²) in [6.07, 6.45) is 65.6. The van der Waals surface area contributed by atoms with Crippen molar-refractivity contribution in [1.82, 2.24) is 0 Å². The van der Waals surface area contributed by atoms with Crippen LogP contribution in [0.25, 0.3) is 0 Å². The van der Waals surface area contributed by atoms with Gasteiger partial charge in [-0.1, -0.05) is 388 Å². The Kier molecular flexibility index (Phi) is 73.1. The number of phosphoric ester groups is 2. The van der Waals surface area contributed by atoms with Gasteiger partial charge in [0, 0.05) is 25.7 Å². The smallest absolute Gasteiger partial charge is 0.462 e. The number of carbonyl (C=O) groups is 4. The lowest BCUT2D eigenvalue weighted by atomic mass is 10.00. The molecule has 0 fully saturated rings. The molecule has 0 aromatic carbocycles. The van der Waals surface area contributed by atoms with E-state index in [9.17, 15) is 43.2 Å². The lowest BCUT2D eigenvalue weighted by Crippen LogP contribution is -2.30. The SMILES string of the molecule is CCCCCCCCCCCCCCCCCCCCCCCC(=O)O[C@H](COC(=O)CCCCCCCCCCCCCCCCCCCCCC)COP(=O)(O)OC[C@@H](O)COP(=O)(O)OC[C@@H](COC(=O)CCCCCCCCC(C)CC)OC(=O)CCCCCCCCCCC(C)C. The van der Waals surface area contributed by atoms with E-state index in [1.807, 2.05) is 0 Å². The highest BCUT2D eigenvalue weighted by molar-refractivity contribution is 7.47. The predicted molar refractivity (Wildman–Crippen MR) is 418 cm³/mol. The van der Waals surface area contributed by atoms with Crippen LogP contribution in [-0.2, 0) is 65.4 Å². The fourth-order valence-corrected chi connectivity index (χ4v) is 14.4. The van der Waals surface area contributed by atoms with Crippen molar-refractivity contribution in [1.29, 1.82) is 0 Å². The second kappa shape index (κ2) is 74.5. The van der Waals surface area contributed by atoms with Crippen molar-refractivity contribution in [3.8, 4) is 0 Å². The van der Waals surface area contributed by atoms with Crippen molar-refractivity contribution in [2.24, 2.45) is 11.8 Å². The molecule has 0 aliphatic rings. The molecule has 17 nitrogen and oxygen atoms in total. The number of unbranched alkanes of at least 4 members (excludes halogenated alkanes) is 51. The summed E-state index contributed by atoms with van der Waals surface area (Å²) in [6, 6.07) is 0. The van der Waals surface area contributed by atoms with Gasteiger partial charge in [-0.05, 0) is 37.5 Å². The molecule has 0 aliphatic carbocycles. The Bertz CT molecular complexity index is 1960. The number of ether oxygens (including phenoxy) is 4. The van der Waals surface area contributed by atoms with E-state index < -0.39 is 97.5 Å². The molecular formula is C83H162O17P2. The Morgan fingerprint density at radius 1 is 0.284 bits per heavy atom. The van der Waals surface area contributed by atoms with Crippen LogP contribution in [0.3, 0.4) is 0 Å². The second-order valence-corrected chi connectivity index (χ2v) is 33.5. The number of aliphatic hydroxyl groups excluding tert-OH is 1. The predicted octanol–water partition coefficient (Wildman–Crippen LogP) is 25.1. The zero-order chi connectivity index (χ0) is 74.9. The largest absolute Gasteiger partial charge is 0.472 e. The molecule has 6 atom stereocenters. The molecule has 3 unspecified atom stereocenters. The summed E-state index contributed by atoms with van der Waals surface area (Å²) in [5.74, 6) is -0.663. The van der Waals surface area contributed by atoms with E-state index >= 15 is 0 Å². The van der Waals surface area contributed by atoms with Gasteiger partial charge in [0.25, 0.3) is 0 Å². The highest BCUT2D eigenvalue weighted by atomic mass is 31.2. The number of hydrogen-bond donors (Lipinski definition) is 3. The Labute approximate surface area is 626 Å². The van der Waals surface area contributed by atoms with Crippen molar-refractivity contribution >= 4 is 39.5 Å². The number of esters is 4. The van der Waals surface area contributed by atoms with E-state index in [1.54, 1.807) is 0 Å². The first-order valence-corrected chi connectivity index (χ1v) is 46.0. The molecule has 0 amide bonds. The van der Waals surface area contributed by atoms with E-state index in [2.05, 4.69) is 41.5 Å². The fraction of sp³-hybridized carbons (Fsp3) is 0.952. The van der Waals surface area contributed by atoms with Crippen LogP contribution < -0.4 is 0 Å². The quantitative estimate of drug-likeness (QED) is 0.0222. The van der Waals surface area contributed by atoms with Crippen LogP contribution >= 0.6 is 15.6 Å². The van der Waals surface area contributed by atoms with E-state index in [0.29, 0.717) is 25.7 Å². The van der Waals surface area contributed by atoms with Crippen molar-refractivity contribution in [3.63, 3.8) is 0 Å². The van der Waals surface area contributed by atoms with Crippen LogP contribution in [0.4, 0.5) is 0 Å². The van der Waals surface area contributed by atoms with Gasteiger partial charge in [0.2, 0.25) is 0 Å². The molecule has 0 heterocycles. The first-order valence-electron chi connectivity index (χ1n) is 43.0. The molecule has 3 N–H and O–H groups in total. The molecule has 102 heavy (non-hydrogen) atoms. The van der Waals surface area contributed by atoms with Gasteiger partial charge < -0.3 is 33.8 Å². The van der Waals surface area contributed by atoms with Gasteiger partial charge in [-0.3, -0.25) is 37.3 Å². The molecule has 0 aliphatic heterocycles. The van der Waals surface area contributed by atoms with Gasteiger partial charge in [0.15, 0.2) is 12.2 Å². The first kappa shape index (κ1) is 100. The zero-order valence-corrected chi connectivity index (χ0v) is 68.7. The monoisotopic (exact) mass is 1490 g/mol. The third-order valence-electron chi connectivity index (χ3n) is 19.8. The van der Waals surface area contributed by atoms with Gasteiger partial charge in [-0.2, -0.15) is 0 Å². The van der Waals surface area contributed by atoms with Gasteiger partial charge >= 0.3 is 39.5 Å². The van der Waals surface area contributed by atoms with Crippen molar-refractivity contribution in [3.05, 3.63) is 0 Å². The molecule has 0 saturated heterocycles. The molecule has 0 rings (SSSR count). The molecule has 0 saturated carbocycles. The van der Waals surface area contributed by atoms with Crippen LogP contribution in [0.2, 0.25) is 0 Å². The number of rotatable bonds is 82. The fourth-order valence-electron chi connectivity index (χ4n) is 12.9. The second-order valence-electron chi connectivity index (χ2n) is 30.6. The van der Waals surface area contributed by atoms with Gasteiger partial charge in [0.05, 0.1) is 26.4 Å². The average molecular weight is 1490 g/mol. The maximum absolute atomic E-state index is 13.1. The normalized spacial score (nSPS) is 14.1. The molecule has 0 aromatic rings. The maximum atomic E-state index is 13.1. The van der Waals surface area contributed by atoms with Crippen LogP contribution in [0, 0.1) is 11.8 Å². The topological polar surface area (TPSA) is 237 Å². The minimum atomic E-state index is -4.96. The van der Waals surface area contributed by atoms with Crippen LogP contribution in [-0.4, -0.2) is 96.7 Å². The van der Waals surface area contributed by atoms with Gasteiger partial charge in [0.1, 0.15) is 19.3 Å². The number of hydrogen-bond acceptors (Lipinski definition) is 15. The lowest BCUT2D eigenvalue weighted by molar-refractivity contribution is -0.161. The summed E-state index contributed by atoms with van der Waals surface area (Å²) >= 11 is 0. The molecule has 19 heteroatoms. The van der Waals surface area contributed by atoms with Crippen LogP contribution in [0.1, 0.15) is 440 Å². The molecular weight excluding hydrogens is 1330 g/mol. The summed E-state index contributed by atoms with van der Waals surface area (Å²) < 4.78 is 68.7. The van der Waals surface area contributed by atoms with Gasteiger partial charge in [-0.15, -0.1) is 0 Å². The van der Waals surface area contributed by atoms with Crippen molar-refractivity contribution < 1.29 is 80.2 Å². The maximum Gasteiger partial charge on any atom is 0.472 e. The highest BCUT2D eigenvalue weighted by Crippen LogP contribution is 2.45. The number of aliphatic hydroxyl groups is 1. The van der Waals surface area contributed by atoms with Crippen LogP contribution in [0.5, 0.6) is 0 Å². The molecule has 0 spiro atoms. The standard InChI is InChI=1S/C83H162O17P2/c1-7-10-12-14-16-18-20-22-24-26-28-30-32-34-36-38-40-42-47-55-61-67-82(87)99-78(71-93-80(85)65-59-53-46-41-39-37-35-33-31-29-27-25-23-21-19-17-15-13-11-8-2)73-97-101(89,90)95-69-77(84)70-96-102(91,92)98-74-79(72-94-81(86)66-60-54-50-49-52-58-64-76(6)9-3)100-83(88)68-62-56-48-44-43-45-51-57-63-75(4)5/h75-79,84H,7-74H2,1-6H3,(H,89,90)(H,91,92)/t76?,77-,78-,79-/m1/s1. The average Bonchev–Trinajstić information content (AvgIpc) is 0.950. The van der Waals surface area contributed by atoms with Crippen molar-refractivity contribution in [2.45, 2.75) is 458 Å². The summed E-state index contributed by atoms with van der Waals surface area (Å²) in [4.78, 5) is 73.0. The van der Waals surface area contributed by atoms with E-state index in [4.69, 9.17) is 37.0 Å². The molecule has 0 bridgehead atoms.